The predicted octanol–water partition coefficient (Wildman–Crippen LogP) is 2.68. The van der Waals surface area contributed by atoms with Crippen molar-refractivity contribution in [1.82, 2.24) is 0 Å². The number of ether oxygens (including phenoxy) is 1. The van der Waals surface area contributed by atoms with Gasteiger partial charge in [-0.1, -0.05) is 48.0 Å². The number of rotatable bonds is 4. The number of ketones is 1. The van der Waals surface area contributed by atoms with Crippen molar-refractivity contribution in [3.8, 4) is 0 Å². The number of carbonyl (C=O) groups excluding carboxylic acids is 2. The average Bonchev–Trinajstić information content (AvgIpc) is 2.87. The number of hydrogen-bond donors (Lipinski definition) is 1. The van der Waals surface area contributed by atoms with E-state index in [1.54, 1.807) is 0 Å². The molecule has 0 fully saturated rings. The van der Waals surface area contributed by atoms with Crippen LogP contribution in [0.5, 0.6) is 0 Å². The summed E-state index contributed by atoms with van der Waals surface area (Å²) in [5.41, 5.74) is 0.986. The summed E-state index contributed by atoms with van der Waals surface area (Å²) >= 11 is 0. The Kier molecular flexibility index (Phi) is 4.42. The van der Waals surface area contributed by atoms with Gasteiger partial charge >= 0.3 is 5.97 Å². The molecule has 2 aromatic carbocycles. The van der Waals surface area contributed by atoms with Gasteiger partial charge in [0, 0.05) is 11.8 Å². The number of carbonyl (C=O) groups is 2. The van der Waals surface area contributed by atoms with Crippen LogP contribution in [0, 0.1) is 6.92 Å². The smallest absolute Gasteiger partial charge is 0.310 e. The number of nitrogens with zero attached hydrogens (tertiary/aromatic N) is 1. The van der Waals surface area contributed by atoms with Gasteiger partial charge in [0.05, 0.1) is 12.8 Å². The predicted molar refractivity (Wildman–Crippen MR) is 94.7 cm³/mol. The Bertz CT molecular complexity index is 827. The normalized spacial score (nSPS) is 19.7. The van der Waals surface area contributed by atoms with E-state index in [2.05, 4.69) is 4.74 Å². The molecule has 0 spiro atoms. The van der Waals surface area contributed by atoms with Crippen molar-refractivity contribution in [2.45, 2.75) is 19.1 Å². The Morgan fingerprint density at radius 3 is 2.36 bits per heavy atom. The van der Waals surface area contributed by atoms with Gasteiger partial charge in [0.1, 0.15) is 6.42 Å². The van der Waals surface area contributed by atoms with E-state index >= 15 is 0 Å². The molecule has 0 saturated carbocycles. The molecule has 2 aromatic rings. The Hall–Kier alpha value is -2.92. The zero-order valence-electron chi connectivity index (χ0n) is 14.1. The van der Waals surface area contributed by atoms with Crippen LogP contribution in [0.3, 0.4) is 0 Å². The van der Waals surface area contributed by atoms with Crippen molar-refractivity contribution >= 4 is 23.1 Å². The number of benzene rings is 2. The molecule has 0 saturated heterocycles. The molecule has 1 heterocycles. The molecule has 1 aliphatic heterocycles. The highest BCUT2D eigenvalue weighted by Gasteiger charge is 2.50. The highest BCUT2D eigenvalue weighted by Crippen LogP contribution is 2.40. The highest BCUT2D eigenvalue weighted by atomic mass is 16.5. The molecule has 1 N–H and O–H groups in total. The lowest BCUT2D eigenvalue weighted by Gasteiger charge is -2.35. The third-order valence-electron chi connectivity index (χ3n) is 4.25. The lowest BCUT2D eigenvalue weighted by atomic mass is 10.0. The van der Waals surface area contributed by atoms with Crippen LogP contribution in [0.15, 0.2) is 60.7 Å². The number of aliphatic hydroxyl groups is 1. The number of methoxy groups -OCH3 is 1. The fourth-order valence-electron chi connectivity index (χ4n) is 2.92. The first-order valence-electron chi connectivity index (χ1n) is 7.93. The maximum Gasteiger partial charge on any atom is 0.310 e. The quantitative estimate of drug-likeness (QED) is 0.869. The van der Waals surface area contributed by atoms with Crippen molar-refractivity contribution in [3.63, 3.8) is 0 Å². The number of aryl methyl sites for hydroxylation is 1. The van der Waals surface area contributed by atoms with Crippen molar-refractivity contribution in [1.29, 1.82) is 0 Å². The molecule has 25 heavy (non-hydrogen) atoms. The van der Waals surface area contributed by atoms with E-state index in [0.29, 0.717) is 11.4 Å². The summed E-state index contributed by atoms with van der Waals surface area (Å²) < 4.78 is 4.67. The first kappa shape index (κ1) is 16.9. The van der Waals surface area contributed by atoms with Gasteiger partial charge in [0.2, 0.25) is 11.5 Å². The number of esters is 1. The van der Waals surface area contributed by atoms with E-state index in [1.807, 2.05) is 61.5 Å². The molecular formula is C20H19NO4. The third kappa shape index (κ3) is 3.06. The number of anilines is 1. The van der Waals surface area contributed by atoms with Crippen LogP contribution in [0.2, 0.25) is 0 Å². The second kappa shape index (κ2) is 6.53. The molecular weight excluding hydrogens is 318 g/mol. The van der Waals surface area contributed by atoms with Crippen LogP contribution < -0.4 is 4.90 Å². The van der Waals surface area contributed by atoms with E-state index in [-0.39, 0.29) is 0 Å². The van der Waals surface area contributed by atoms with Crippen molar-refractivity contribution in [2.75, 3.05) is 12.0 Å². The molecule has 5 heteroatoms. The van der Waals surface area contributed by atoms with E-state index in [9.17, 15) is 14.7 Å². The zero-order chi connectivity index (χ0) is 18.0. The van der Waals surface area contributed by atoms with Gasteiger partial charge in [-0.2, -0.15) is 0 Å². The van der Waals surface area contributed by atoms with Crippen molar-refractivity contribution in [3.05, 3.63) is 71.8 Å². The van der Waals surface area contributed by atoms with Crippen molar-refractivity contribution < 1.29 is 19.4 Å². The summed E-state index contributed by atoms with van der Waals surface area (Å²) in [6.45, 7) is 1.95. The summed E-state index contributed by atoms with van der Waals surface area (Å²) in [6, 6.07) is 16.7. The van der Waals surface area contributed by atoms with Crippen LogP contribution >= 0.6 is 0 Å². The van der Waals surface area contributed by atoms with E-state index in [0.717, 1.165) is 11.1 Å². The minimum atomic E-state index is -2.01. The topological polar surface area (TPSA) is 66.8 Å². The summed E-state index contributed by atoms with van der Waals surface area (Å²) in [5, 5.41) is 11.1. The zero-order valence-corrected chi connectivity index (χ0v) is 14.1. The van der Waals surface area contributed by atoms with Crippen LogP contribution in [0.4, 0.5) is 5.69 Å². The first-order chi connectivity index (χ1) is 12.0. The first-order valence-corrected chi connectivity index (χ1v) is 7.93. The molecule has 5 nitrogen and oxygen atoms in total. The number of hydrogen-bond acceptors (Lipinski definition) is 5. The maximum absolute atomic E-state index is 12.6. The standard InChI is InChI=1S/C20H19NO4/c1-14-8-10-16(11-9-14)21-17(15-6-4-3-5-7-15)12-18(22)20(21,24)13-19(23)25-2/h3-12,24H,13H2,1-2H3. The summed E-state index contributed by atoms with van der Waals surface area (Å²) in [7, 11) is 1.23. The molecule has 0 bridgehead atoms. The molecule has 0 amide bonds. The Morgan fingerprint density at radius 1 is 1.12 bits per heavy atom. The van der Waals surface area contributed by atoms with Crippen LogP contribution in [-0.4, -0.2) is 29.7 Å². The van der Waals surface area contributed by atoms with Crippen LogP contribution in [0.1, 0.15) is 17.5 Å². The Morgan fingerprint density at radius 2 is 1.76 bits per heavy atom. The highest BCUT2D eigenvalue weighted by molar-refractivity contribution is 6.14. The van der Waals surface area contributed by atoms with Crippen molar-refractivity contribution in [2.24, 2.45) is 0 Å². The second-order valence-electron chi connectivity index (χ2n) is 6.00. The van der Waals surface area contributed by atoms with Gasteiger partial charge in [0.25, 0.3) is 0 Å². The monoisotopic (exact) mass is 337 g/mol. The van der Waals surface area contributed by atoms with Gasteiger partial charge in [-0.15, -0.1) is 0 Å². The molecule has 0 aromatic heterocycles. The Labute approximate surface area is 146 Å². The molecule has 0 aliphatic carbocycles. The summed E-state index contributed by atoms with van der Waals surface area (Å²) in [4.78, 5) is 25.9. The van der Waals surface area contributed by atoms with E-state index in [1.165, 1.54) is 18.1 Å². The fraction of sp³-hybridized carbons (Fsp3) is 0.200. The minimum absolute atomic E-state index is 0.455. The molecule has 1 unspecified atom stereocenters. The minimum Gasteiger partial charge on any atom is -0.469 e. The molecule has 128 valence electrons. The fourth-order valence-corrected chi connectivity index (χ4v) is 2.92. The van der Waals surface area contributed by atoms with Crippen LogP contribution in [-0.2, 0) is 14.3 Å². The van der Waals surface area contributed by atoms with E-state index < -0.39 is 23.9 Å². The Balaban J connectivity index is 2.12. The lowest BCUT2D eigenvalue weighted by molar-refractivity contribution is -0.150. The van der Waals surface area contributed by atoms with Gasteiger partial charge in [-0.05, 0) is 24.6 Å². The molecule has 0 radical (unpaired) electrons. The van der Waals surface area contributed by atoms with Gasteiger partial charge in [-0.25, -0.2) is 0 Å². The second-order valence-corrected chi connectivity index (χ2v) is 6.00. The molecule has 3 rings (SSSR count). The van der Waals surface area contributed by atoms with Gasteiger partial charge in [0.15, 0.2) is 0 Å². The van der Waals surface area contributed by atoms with Gasteiger partial charge in [-0.3, -0.25) is 9.59 Å². The molecule has 1 aliphatic rings. The summed E-state index contributed by atoms with van der Waals surface area (Å²) in [5.74, 6) is -1.20. The maximum atomic E-state index is 12.6. The third-order valence-corrected chi connectivity index (χ3v) is 4.25. The average molecular weight is 337 g/mol. The SMILES string of the molecule is COC(=O)CC1(O)C(=O)C=C(c2ccccc2)N1c1ccc(C)cc1. The summed E-state index contributed by atoms with van der Waals surface area (Å²) in [6.07, 6.45) is 0.918. The largest absolute Gasteiger partial charge is 0.469 e. The van der Waals surface area contributed by atoms with E-state index in [4.69, 9.17) is 0 Å². The lowest BCUT2D eigenvalue weighted by Crippen LogP contribution is -2.51. The van der Waals surface area contributed by atoms with Crippen LogP contribution in [0.25, 0.3) is 5.70 Å². The van der Waals surface area contributed by atoms with Gasteiger partial charge < -0.3 is 14.7 Å². The molecule has 1 atom stereocenters.